The van der Waals surface area contributed by atoms with E-state index in [2.05, 4.69) is 17.1 Å². The second-order valence-electron chi connectivity index (χ2n) is 7.04. The van der Waals surface area contributed by atoms with Crippen LogP contribution in [0.1, 0.15) is 46.0 Å². The third-order valence-corrected chi connectivity index (χ3v) is 4.80. The molecule has 1 aliphatic rings. The van der Waals surface area contributed by atoms with Crippen LogP contribution in [0.5, 0.6) is 0 Å². The molecule has 3 N–H and O–H groups in total. The maximum absolute atomic E-state index is 12.5. The topological polar surface area (TPSA) is 75.4 Å². The summed E-state index contributed by atoms with van der Waals surface area (Å²) < 4.78 is 0. The lowest BCUT2D eigenvalue weighted by atomic mass is 9.99. The summed E-state index contributed by atoms with van der Waals surface area (Å²) >= 11 is 0. The highest BCUT2D eigenvalue weighted by atomic mass is 16.2. The molecule has 1 fully saturated rings. The van der Waals surface area contributed by atoms with E-state index in [9.17, 15) is 9.59 Å². The van der Waals surface area contributed by atoms with Crippen LogP contribution in [0.15, 0.2) is 48.5 Å². The van der Waals surface area contributed by atoms with Crippen LogP contribution in [0, 0.1) is 5.92 Å². The van der Waals surface area contributed by atoms with E-state index in [1.54, 1.807) is 24.3 Å². The van der Waals surface area contributed by atoms with Gasteiger partial charge < -0.3 is 11.1 Å². The Morgan fingerprint density at radius 2 is 1.88 bits per heavy atom. The van der Waals surface area contributed by atoms with Gasteiger partial charge in [0.2, 0.25) is 0 Å². The summed E-state index contributed by atoms with van der Waals surface area (Å²) in [5, 5.41) is 2.76. The Bertz CT molecular complexity index is 786. The van der Waals surface area contributed by atoms with E-state index in [4.69, 9.17) is 5.73 Å². The minimum Gasteiger partial charge on any atom is -0.366 e. The van der Waals surface area contributed by atoms with E-state index in [1.807, 2.05) is 24.3 Å². The molecule has 136 valence electrons. The first kappa shape index (κ1) is 18.1. The lowest BCUT2D eigenvalue weighted by Gasteiger charge is -2.30. The van der Waals surface area contributed by atoms with Crippen LogP contribution in [0.25, 0.3) is 0 Å². The van der Waals surface area contributed by atoms with Crippen molar-refractivity contribution < 1.29 is 9.59 Å². The molecular formula is C21H25N3O2. The normalized spacial score (nSPS) is 17.7. The van der Waals surface area contributed by atoms with Crippen molar-refractivity contribution in [3.63, 3.8) is 0 Å². The minimum atomic E-state index is -0.563. The van der Waals surface area contributed by atoms with Gasteiger partial charge in [-0.1, -0.05) is 31.2 Å². The number of primary amides is 1. The standard InChI is InChI=1S/C21H25N3O2/c1-15-5-4-12-24(13-15)14-16-8-10-17(11-9-16)21(26)23-19-7-3-2-6-18(19)20(22)25/h2-3,6-11,15H,4-5,12-14H2,1H3,(H2,22,25)(H,23,26)/t15-/m0/s1. The van der Waals surface area contributed by atoms with E-state index in [1.165, 1.54) is 18.4 Å². The Morgan fingerprint density at radius 1 is 1.15 bits per heavy atom. The monoisotopic (exact) mass is 351 g/mol. The molecule has 2 aromatic rings. The summed E-state index contributed by atoms with van der Waals surface area (Å²) in [6, 6.07) is 14.4. The van der Waals surface area contributed by atoms with Crippen LogP contribution >= 0.6 is 0 Å². The number of carbonyl (C=O) groups is 2. The van der Waals surface area contributed by atoms with Gasteiger partial charge >= 0.3 is 0 Å². The van der Waals surface area contributed by atoms with Crippen LogP contribution in [-0.4, -0.2) is 29.8 Å². The number of anilines is 1. The summed E-state index contributed by atoms with van der Waals surface area (Å²) in [5.41, 5.74) is 7.84. The average molecular weight is 351 g/mol. The molecule has 5 heteroatoms. The van der Waals surface area contributed by atoms with E-state index in [0.717, 1.165) is 25.6 Å². The number of nitrogens with zero attached hydrogens (tertiary/aromatic N) is 1. The zero-order chi connectivity index (χ0) is 18.5. The van der Waals surface area contributed by atoms with Crippen molar-refractivity contribution in [3.05, 3.63) is 65.2 Å². The van der Waals surface area contributed by atoms with Gasteiger partial charge in [0.25, 0.3) is 11.8 Å². The first-order chi connectivity index (χ1) is 12.5. The molecule has 0 saturated carbocycles. The van der Waals surface area contributed by atoms with Crippen molar-refractivity contribution in [2.24, 2.45) is 11.7 Å². The number of para-hydroxylation sites is 1. The maximum Gasteiger partial charge on any atom is 0.255 e. The number of likely N-dealkylation sites (tertiary alicyclic amines) is 1. The lowest BCUT2D eigenvalue weighted by molar-refractivity contribution is 0.100. The molecule has 0 radical (unpaired) electrons. The Hall–Kier alpha value is -2.66. The van der Waals surface area contributed by atoms with Crippen molar-refractivity contribution in [2.45, 2.75) is 26.3 Å². The highest BCUT2D eigenvalue weighted by Crippen LogP contribution is 2.19. The van der Waals surface area contributed by atoms with Crippen LogP contribution in [0.2, 0.25) is 0 Å². The molecule has 1 atom stereocenters. The first-order valence-electron chi connectivity index (χ1n) is 9.04. The van der Waals surface area contributed by atoms with Gasteiger partial charge in [-0.3, -0.25) is 14.5 Å². The maximum atomic E-state index is 12.5. The van der Waals surface area contributed by atoms with Crippen molar-refractivity contribution in [1.29, 1.82) is 0 Å². The molecule has 2 aromatic carbocycles. The fourth-order valence-electron chi connectivity index (χ4n) is 3.45. The Kier molecular flexibility index (Phi) is 5.68. The van der Waals surface area contributed by atoms with Gasteiger partial charge in [0.15, 0.2) is 0 Å². The number of nitrogens with one attached hydrogen (secondary N) is 1. The van der Waals surface area contributed by atoms with E-state index >= 15 is 0 Å². The van der Waals surface area contributed by atoms with Gasteiger partial charge in [-0.15, -0.1) is 0 Å². The number of hydrogen-bond donors (Lipinski definition) is 2. The van der Waals surface area contributed by atoms with Crippen LogP contribution in [-0.2, 0) is 6.54 Å². The Balaban J connectivity index is 1.65. The molecule has 0 aliphatic carbocycles. The van der Waals surface area contributed by atoms with Crippen molar-refractivity contribution in [3.8, 4) is 0 Å². The summed E-state index contributed by atoms with van der Waals surface area (Å²) in [6.07, 6.45) is 2.56. The number of benzene rings is 2. The van der Waals surface area contributed by atoms with Crippen molar-refractivity contribution >= 4 is 17.5 Å². The fourth-order valence-corrected chi connectivity index (χ4v) is 3.45. The van der Waals surface area contributed by atoms with Gasteiger partial charge in [0.05, 0.1) is 11.3 Å². The molecule has 1 aliphatic heterocycles. The second-order valence-corrected chi connectivity index (χ2v) is 7.04. The summed E-state index contributed by atoms with van der Waals surface area (Å²) in [6.45, 7) is 5.48. The number of nitrogens with two attached hydrogens (primary N) is 1. The number of carbonyl (C=O) groups excluding carboxylic acids is 2. The van der Waals surface area contributed by atoms with Gasteiger partial charge in [-0.05, 0) is 55.1 Å². The highest BCUT2D eigenvalue weighted by molar-refractivity contribution is 6.08. The lowest BCUT2D eigenvalue weighted by Crippen LogP contribution is -2.33. The molecule has 0 bridgehead atoms. The van der Waals surface area contributed by atoms with Crippen molar-refractivity contribution in [2.75, 3.05) is 18.4 Å². The number of amides is 2. The molecular weight excluding hydrogens is 326 g/mol. The third kappa shape index (κ3) is 4.49. The molecule has 0 spiro atoms. The molecule has 1 saturated heterocycles. The molecule has 0 unspecified atom stereocenters. The second kappa shape index (κ2) is 8.15. The van der Waals surface area contributed by atoms with Gasteiger partial charge in [0, 0.05) is 18.7 Å². The van der Waals surface area contributed by atoms with Crippen molar-refractivity contribution in [1.82, 2.24) is 4.90 Å². The SMILES string of the molecule is C[C@H]1CCCN(Cc2ccc(C(=O)Nc3ccccc3C(N)=O)cc2)C1. The van der Waals surface area contributed by atoms with E-state index in [0.29, 0.717) is 16.8 Å². The third-order valence-electron chi connectivity index (χ3n) is 4.80. The molecule has 3 rings (SSSR count). The molecule has 26 heavy (non-hydrogen) atoms. The average Bonchev–Trinajstić information content (AvgIpc) is 2.62. The van der Waals surface area contributed by atoms with E-state index in [-0.39, 0.29) is 5.91 Å². The quantitative estimate of drug-likeness (QED) is 0.868. The first-order valence-corrected chi connectivity index (χ1v) is 9.04. The fraction of sp³-hybridized carbons (Fsp3) is 0.333. The zero-order valence-electron chi connectivity index (χ0n) is 15.1. The summed E-state index contributed by atoms with van der Waals surface area (Å²) in [5.74, 6) is -0.0667. The van der Waals surface area contributed by atoms with Crippen LogP contribution in [0.4, 0.5) is 5.69 Å². The molecule has 0 aromatic heterocycles. The summed E-state index contributed by atoms with van der Waals surface area (Å²) in [4.78, 5) is 26.4. The van der Waals surface area contributed by atoms with Gasteiger partial charge in [-0.2, -0.15) is 0 Å². The molecule has 5 nitrogen and oxygen atoms in total. The van der Waals surface area contributed by atoms with Crippen LogP contribution in [0.3, 0.4) is 0 Å². The molecule has 2 amide bonds. The number of hydrogen-bond acceptors (Lipinski definition) is 3. The predicted molar refractivity (Wildman–Crippen MR) is 103 cm³/mol. The van der Waals surface area contributed by atoms with Gasteiger partial charge in [-0.25, -0.2) is 0 Å². The van der Waals surface area contributed by atoms with Crippen LogP contribution < -0.4 is 11.1 Å². The number of piperidine rings is 1. The summed E-state index contributed by atoms with van der Waals surface area (Å²) in [7, 11) is 0. The zero-order valence-corrected chi connectivity index (χ0v) is 15.1. The minimum absolute atomic E-state index is 0.253. The highest BCUT2D eigenvalue weighted by Gasteiger charge is 2.16. The largest absolute Gasteiger partial charge is 0.366 e. The predicted octanol–water partition coefficient (Wildman–Crippen LogP) is 3.27. The number of rotatable bonds is 5. The Labute approximate surface area is 154 Å². The Morgan fingerprint density at radius 3 is 2.58 bits per heavy atom. The van der Waals surface area contributed by atoms with E-state index < -0.39 is 5.91 Å². The smallest absolute Gasteiger partial charge is 0.255 e. The molecule has 1 heterocycles. The van der Waals surface area contributed by atoms with Gasteiger partial charge in [0.1, 0.15) is 0 Å².